The zero-order valence-corrected chi connectivity index (χ0v) is 25.6. The van der Waals surface area contributed by atoms with Gasteiger partial charge >= 0.3 is 6.09 Å². The molecule has 1 aliphatic rings. The van der Waals surface area contributed by atoms with Gasteiger partial charge in [0.05, 0.1) is 22.5 Å². The Morgan fingerprint density at radius 1 is 1.05 bits per heavy atom. The Hall–Kier alpha value is -3.78. The molecule has 0 saturated carbocycles. The van der Waals surface area contributed by atoms with Crippen LogP contribution < -0.4 is 10.2 Å². The van der Waals surface area contributed by atoms with Crippen LogP contribution in [0.25, 0.3) is 11.0 Å². The van der Waals surface area contributed by atoms with E-state index >= 15 is 0 Å². The van der Waals surface area contributed by atoms with E-state index in [1.165, 1.54) is 12.5 Å². The Bertz CT molecular complexity index is 1680. The lowest BCUT2D eigenvalue weighted by Gasteiger charge is -2.35. The normalized spacial score (nSPS) is 14.4. The summed E-state index contributed by atoms with van der Waals surface area (Å²) >= 11 is 3.49. The summed E-state index contributed by atoms with van der Waals surface area (Å²) in [5.41, 5.74) is 1.40. The molecule has 1 aromatic carbocycles. The van der Waals surface area contributed by atoms with Crippen molar-refractivity contribution in [2.45, 2.75) is 44.7 Å². The number of carbonyl (C=O) groups is 1. The van der Waals surface area contributed by atoms with E-state index in [2.05, 4.69) is 36.2 Å². The van der Waals surface area contributed by atoms with Crippen molar-refractivity contribution in [2.75, 3.05) is 36.4 Å². The minimum absolute atomic E-state index is 0.168. The minimum atomic E-state index is -3.87. The van der Waals surface area contributed by atoms with Crippen LogP contribution in [0.3, 0.4) is 0 Å². The molecule has 0 atom stereocenters. The van der Waals surface area contributed by atoms with Crippen molar-refractivity contribution < 1.29 is 17.9 Å². The molecule has 5 rings (SSSR count). The smallest absolute Gasteiger partial charge is 0.410 e. The summed E-state index contributed by atoms with van der Waals surface area (Å²) in [7, 11) is -3.87. The van der Waals surface area contributed by atoms with Gasteiger partial charge in [0.1, 0.15) is 17.7 Å². The van der Waals surface area contributed by atoms with Crippen molar-refractivity contribution in [1.29, 1.82) is 0 Å². The number of anilines is 2. The van der Waals surface area contributed by atoms with Gasteiger partial charge in [-0.05, 0) is 61.8 Å². The molecule has 1 amide bonds. The number of hydrogen-bond donors (Lipinski definition) is 1. The number of carbonyl (C=O) groups excluding carboxylic acids is 1. The van der Waals surface area contributed by atoms with E-state index in [4.69, 9.17) is 9.72 Å². The van der Waals surface area contributed by atoms with Gasteiger partial charge in [-0.1, -0.05) is 17.7 Å². The Balaban J connectivity index is 1.30. The molecular formula is C27H31BrN8O4S. The van der Waals surface area contributed by atoms with Crippen LogP contribution in [0.4, 0.5) is 16.6 Å². The SMILES string of the molecule is Cc1ccc(S(=O)(=O)n2cc(Br)c3c(NCc4ccnc(N5CCN(C(=O)OC(C)(C)C)CC5)n4)ncnc32)cc1. The lowest BCUT2D eigenvalue weighted by molar-refractivity contribution is 0.0240. The maximum Gasteiger partial charge on any atom is 0.410 e. The summed E-state index contributed by atoms with van der Waals surface area (Å²) in [5, 5.41) is 3.80. The van der Waals surface area contributed by atoms with E-state index in [0.29, 0.717) is 54.3 Å². The van der Waals surface area contributed by atoms with Gasteiger partial charge in [-0.3, -0.25) is 0 Å². The zero-order valence-electron chi connectivity index (χ0n) is 23.2. The first-order valence-corrected chi connectivity index (χ1v) is 15.3. The molecule has 41 heavy (non-hydrogen) atoms. The lowest BCUT2D eigenvalue weighted by Crippen LogP contribution is -2.50. The van der Waals surface area contributed by atoms with Crippen LogP contribution in [0, 0.1) is 6.92 Å². The lowest BCUT2D eigenvalue weighted by atomic mass is 10.2. The van der Waals surface area contributed by atoms with Crippen molar-refractivity contribution in [2.24, 2.45) is 0 Å². The van der Waals surface area contributed by atoms with Gasteiger partial charge in [0.25, 0.3) is 10.0 Å². The van der Waals surface area contributed by atoms with Gasteiger partial charge in [0, 0.05) is 43.0 Å². The number of aryl methyl sites for hydroxylation is 1. The zero-order chi connectivity index (χ0) is 29.4. The molecular weight excluding hydrogens is 612 g/mol. The molecule has 0 spiro atoms. The van der Waals surface area contributed by atoms with Crippen molar-refractivity contribution in [3.63, 3.8) is 0 Å². The summed E-state index contributed by atoms with van der Waals surface area (Å²) in [6.07, 6.45) is 4.18. The molecule has 0 aliphatic carbocycles. The van der Waals surface area contributed by atoms with Gasteiger partial charge in [0.2, 0.25) is 5.95 Å². The van der Waals surface area contributed by atoms with Crippen LogP contribution in [0.5, 0.6) is 0 Å². The van der Waals surface area contributed by atoms with Gasteiger partial charge in [-0.25, -0.2) is 37.1 Å². The molecule has 14 heteroatoms. The second kappa shape index (κ2) is 11.2. The molecule has 4 heterocycles. The Labute approximate surface area is 247 Å². The molecule has 0 bridgehead atoms. The summed E-state index contributed by atoms with van der Waals surface area (Å²) in [6.45, 7) is 9.95. The average molecular weight is 644 g/mol. The second-order valence-electron chi connectivity index (χ2n) is 10.7. The second-order valence-corrected chi connectivity index (χ2v) is 13.3. The van der Waals surface area contributed by atoms with Crippen LogP contribution in [0.15, 0.2) is 58.4 Å². The Morgan fingerprint density at radius 3 is 2.44 bits per heavy atom. The summed E-state index contributed by atoms with van der Waals surface area (Å²) in [5.74, 6) is 1.03. The summed E-state index contributed by atoms with van der Waals surface area (Å²) in [4.78, 5) is 34.0. The highest BCUT2D eigenvalue weighted by Gasteiger charge is 2.27. The standard InChI is InChI=1S/C27H31BrN8O4S/c1-18-5-7-20(8-6-18)41(38,39)36-16-21(28)22-23(31-17-32-24(22)36)30-15-19-9-10-29-25(33-19)34-11-13-35(14-12-34)26(37)40-27(2,3)4/h5-10,16-17H,11-15H2,1-4H3,(H,30,31,32). The number of halogens is 1. The topological polar surface area (TPSA) is 135 Å². The first-order valence-electron chi connectivity index (χ1n) is 13.0. The van der Waals surface area contributed by atoms with Crippen LogP contribution in [-0.2, 0) is 21.3 Å². The van der Waals surface area contributed by atoms with Gasteiger partial charge in [0.15, 0.2) is 5.65 Å². The molecule has 0 radical (unpaired) electrons. The van der Waals surface area contributed by atoms with Crippen molar-refractivity contribution >= 4 is 54.8 Å². The highest BCUT2D eigenvalue weighted by atomic mass is 79.9. The maximum atomic E-state index is 13.4. The fourth-order valence-electron chi connectivity index (χ4n) is 4.36. The molecule has 1 aliphatic heterocycles. The highest BCUT2D eigenvalue weighted by Crippen LogP contribution is 2.32. The number of hydrogen-bond acceptors (Lipinski definition) is 10. The average Bonchev–Trinajstić information content (AvgIpc) is 3.29. The van der Waals surface area contributed by atoms with Crippen LogP contribution in [-0.4, -0.2) is 75.1 Å². The van der Waals surface area contributed by atoms with E-state index < -0.39 is 15.6 Å². The van der Waals surface area contributed by atoms with Crippen molar-refractivity contribution in [3.05, 3.63) is 64.8 Å². The molecule has 3 aromatic heterocycles. The van der Waals surface area contributed by atoms with Crippen molar-refractivity contribution in [1.82, 2.24) is 28.8 Å². The monoisotopic (exact) mass is 642 g/mol. The molecule has 4 aromatic rings. The molecule has 12 nitrogen and oxygen atoms in total. The predicted molar refractivity (Wildman–Crippen MR) is 158 cm³/mol. The first kappa shape index (κ1) is 28.7. The fourth-order valence-corrected chi connectivity index (χ4v) is 6.38. The summed E-state index contributed by atoms with van der Waals surface area (Å²) < 4.78 is 33.9. The van der Waals surface area contributed by atoms with Crippen LogP contribution >= 0.6 is 15.9 Å². The van der Waals surface area contributed by atoms with Crippen LogP contribution in [0.2, 0.25) is 0 Å². The number of nitrogens with one attached hydrogen (secondary N) is 1. The third kappa shape index (κ3) is 6.27. The van der Waals surface area contributed by atoms with Crippen molar-refractivity contribution in [3.8, 4) is 0 Å². The Morgan fingerprint density at radius 2 is 1.76 bits per heavy atom. The van der Waals surface area contributed by atoms with E-state index in [1.807, 2.05) is 32.6 Å². The third-order valence-corrected chi connectivity index (χ3v) is 8.70. The highest BCUT2D eigenvalue weighted by molar-refractivity contribution is 9.10. The van der Waals surface area contributed by atoms with E-state index in [1.54, 1.807) is 41.4 Å². The van der Waals surface area contributed by atoms with E-state index in [9.17, 15) is 13.2 Å². The molecule has 0 unspecified atom stereocenters. The number of benzene rings is 1. The Kier molecular flexibility index (Phi) is 7.88. The quantitative estimate of drug-likeness (QED) is 0.326. The first-order chi connectivity index (χ1) is 19.4. The predicted octanol–water partition coefficient (Wildman–Crippen LogP) is 4.20. The molecule has 216 valence electrons. The molecule has 1 saturated heterocycles. The number of rotatable bonds is 6. The van der Waals surface area contributed by atoms with Gasteiger partial charge in [-0.15, -0.1) is 0 Å². The number of nitrogens with zero attached hydrogens (tertiary/aromatic N) is 7. The number of amides is 1. The number of aromatic nitrogens is 5. The molecule has 1 N–H and O–H groups in total. The summed E-state index contributed by atoms with van der Waals surface area (Å²) in [6, 6.07) is 8.47. The number of ether oxygens (including phenoxy) is 1. The van der Waals surface area contributed by atoms with E-state index in [0.717, 1.165) is 15.2 Å². The number of piperazine rings is 1. The van der Waals surface area contributed by atoms with Crippen LogP contribution in [0.1, 0.15) is 32.0 Å². The largest absolute Gasteiger partial charge is 0.444 e. The third-order valence-electron chi connectivity index (χ3n) is 6.43. The molecule has 1 fully saturated rings. The van der Waals surface area contributed by atoms with E-state index in [-0.39, 0.29) is 16.6 Å². The fraction of sp³-hybridized carbons (Fsp3) is 0.370. The van der Waals surface area contributed by atoms with Gasteiger partial charge in [-0.2, -0.15) is 0 Å². The minimum Gasteiger partial charge on any atom is -0.444 e. The number of fused-ring (bicyclic) bond motifs is 1. The maximum absolute atomic E-state index is 13.4. The van der Waals surface area contributed by atoms with Gasteiger partial charge < -0.3 is 19.9 Å².